The molecule has 2 rings (SSSR count). The van der Waals surface area contributed by atoms with Crippen molar-refractivity contribution in [2.24, 2.45) is 16.8 Å². The van der Waals surface area contributed by atoms with Gasteiger partial charge in [-0.25, -0.2) is 0 Å². The Hall–Kier alpha value is -2.08. The standard InChI is InChI=1S/C15H21N3O3/c1-21-10-12-6-7-18(9-12)14(19)8-11-2-4-13(5-3-11)15(16)17-20/h2-5,12,20H,6-10H2,1H3,(H2,16,17). The number of hydrogen-bond donors (Lipinski definition) is 2. The summed E-state index contributed by atoms with van der Waals surface area (Å²) in [5, 5.41) is 11.6. The lowest BCUT2D eigenvalue weighted by atomic mass is 10.1. The van der Waals surface area contributed by atoms with Gasteiger partial charge in [0.2, 0.25) is 5.91 Å². The lowest BCUT2D eigenvalue weighted by molar-refractivity contribution is -0.129. The van der Waals surface area contributed by atoms with Crippen molar-refractivity contribution < 1.29 is 14.7 Å². The predicted octanol–water partition coefficient (Wildman–Crippen LogP) is 0.818. The van der Waals surface area contributed by atoms with Gasteiger partial charge in [-0.2, -0.15) is 0 Å². The zero-order chi connectivity index (χ0) is 15.2. The highest BCUT2D eigenvalue weighted by Crippen LogP contribution is 2.17. The minimum Gasteiger partial charge on any atom is -0.409 e. The van der Waals surface area contributed by atoms with E-state index in [9.17, 15) is 4.79 Å². The fraction of sp³-hybridized carbons (Fsp3) is 0.467. The van der Waals surface area contributed by atoms with E-state index in [0.29, 0.717) is 24.5 Å². The summed E-state index contributed by atoms with van der Waals surface area (Å²) in [6.07, 6.45) is 1.37. The SMILES string of the molecule is COCC1CCN(C(=O)Cc2ccc(C(N)=NO)cc2)C1. The van der Waals surface area contributed by atoms with Crippen molar-refractivity contribution >= 4 is 11.7 Å². The number of nitrogens with zero attached hydrogens (tertiary/aromatic N) is 2. The molecule has 1 aliphatic heterocycles. The molecule has 0 aromatic heterocycles. The maximum absolute atomic E-state index is 12.2. The lowest BCUT2D eigenvalue weighted by Crippen LogP contribution is -2.30. The molecule has 1 atom stereocenters. The van der Waals surface area contributed by atoms with Crippen molar-refractivity contribution in [1.29, 1.82) is 0 Å². The average Bonchev–Trinajstić information content (AvgIpc) is 2.96. The van der Waals surface area contributed by atoms with Crippen LogP contribution < -0.4 is 5.73 Å². The molecule has 1 heterocycles. The van der Waals surface area contributed by atoms with Crippen LogP contribution in [0.4, 0.5) is 0 Å². The van der Waals surface area contributed by atoms with Gasteiger partial charge < -0.3 is 20.6 Å². The Morgan fingerprint density at radius 3 is 2.81 bits per heavy atom. The smallest absolute Gasteiger partial charge is 0.227 e. The summed E-state index contributed by atoms with van der Waals surface area (Å²) in [7, 11) is 1.69. The third-order valence-electron chi connectivity index (χ3n) is 3.75. The van der Waals surface area contributed by atoms with Gasteiger partial charge in [0.15, 0.2) is 5.84 Å². The molecule has 6 heteroatoms. The van der Waals surface area contributed by atoms with Gasteiger partial charge >= 0.3 is 0 Å². The molecule has 1 aromatic rings. The molecular weight excluding hydrogens is 270 g/mol. The molecule has 1 saturated heterocycles. The van der Waals surface area contributed by atoms with Crippen LogP contribution in [0.25, 0.3) is 0 Å². The monoisotopic (exact) mass is 291 g/mol. The van der Waals surface area contributed by atoms with Crippen LogP contribution in [0, 0.1) is 5.92 Å². The highest BCUT2D eigenvalue weighted by Gasteiger charge is 2.25. The third-order valence-corrected chi connectivity index (χ3v) is 3.75. The molecule has 1 fully saturated rings. The van der Waals surface area contributed by atoms with Crippen molar-refractivity contribution in [1.82, 2.24) is 4.90 Å². The first-order chi connectivity index (χ1) is 10.1. The number of methoxy groups -OCH3 is 1. The van der Waals surface area contributed by atoms with E-state index < -0.39 is 0 Å². The maximum atomic E-state index is 12.2. The van der Waals surface area contributed by atoms with Gasteiger partial charge in [0, 0.05) is 31.7 Å². The van der Waals surface area contributed by atoms with E-state index >= 15 is 0 Å². The van der Waals surface area contributed by atoms with Gasteiger partial charge in [0.25, 0.3) is 0 Å². The molecule has 1 aromatic carbocycles. The van der Waals surface area contributed by atoms with Gasteiger partial charge in [-0.3, -0.25) is 4.79 Å². The molecule has 0 saturated carbocycles. The van der Waals surface area contributed by atoms with Crippen molar-refractivity contribution in [3.8, 4) is 0 Å². The van der Waals surface area contributed by atoms with Crippen LogP contribution >= 0.6 is 0 Å². The first-order valence-electron chi connectivity index (χ1n) is 6.97. The number of rotatable bonds is 5. The van der Waals surface area contributed by atoms with Crippen molar-refractivity contribution in [2.45, 2.75) is 12.8 Å². The van der Waals surface area contributed by atoms with E-state index in [-0.39, 0.29) is 11.7 Å². The largest absolute Gasteiger partial charge is 0.409 e. The molecule has 3 N–H and O–H groups in total. The Balaban J connectivity index is 1.91. The lowest BCUT2D eigenvalue weighted by Gasteiger charge is -2.16. The van der Waals surface area contributed by atoms with Crippen LogP contribution in [0.5, 0.6) is 0 Å². The Bertz CT molecular complexity index is 513. The molecule has 114 valence electrons. The molecule has 6 nitrogen and oxygen atoms in total. The second-order valence-electron chi connectivity index (χ2n) is 5.31. The fourth-order valence-electron chi connectivity index (χ4n) is 2.57. The van der Waals surface area contributed by atoms with Crippen LogP contribution in [0.1, 0.15) is 17.5 Å². The van der Waals surface area contributed by atoms with Crippen molar-refractivity contribution in [3.63, 3.8) is 0 Å². The zero-order valence-electron chi connectivity index (χ0n) is 12.2. The number of likely N-dealkylation sites (tertiary alicyclic amines) is 1. The molecule has 0 spiro atoms. The topological polar surface area (TPSA) is 88.2 Å². The fourth-order valence-corrected chi connectivity index (χ4v) is 2.57. The second kappa shape index (κ2) is 7.08. The van der Waals surface area contributed by atoms with Crippen LogP contribution in [-0.2, 0) is 16.0 Å². The van der Waals surface area contributed by atoms with Crippen molar-refractivity contribution in [3.05, 3.63) is 35.4 Å². The molecule has 0 aliphatic carbocycles. The summed E-state index contributed by atoms with van der Waals surface area (Å²) in [4.78, 5) is 14.1. The Kier molecular flexibility index (Phi) is 5.16. The minimum absolute atomic E-state index is 0.0647. The van der Waals surface area contributed by atoms with Crippen LogP contribution in [0.2, 0.25) is 0 Å². The number of ether oxygens (including phenoxy) is 1. The molecule has 1 aliphatic rings. The number of carbonyl (C=O) groups excluding carboxylic acids is 1. The molecule has 0 bridgehead atoms. The summed E-state index contributed by atoms with van der Waals surface area (Å²) in [6, 6.07) is 7.15. The van der Waals surface area contributed by atoms with Gasteiger partial charge in [-0.1, -0.05) is 29.4 Å². The molecule has 1 amide bonds. The first kappa shape index (κ1) is 15.3. The number of nitrogens with two attached hydrogens (primary N) is 1. The van der Waals surface area contributed by atoms with Crippen LogP contribution in [0.15, 0.2) is 29.4 Å². The summed E-state index contributed by atoms with van der Waals surface area (Å²) in [5.74, 6) is 0.641. The summed E-state index contributed by atoms with van der Waals surface area (Å²) in [6.45, 7) is 2.28. The molecule has 1 unspecified atom stereocenters. The quantitative estimate of drug-likeness (QED) is 0.364. The number of amides is 1. The van der Waals surface area contributed by atoms with Crippen molar-refractivity contribution in [2.75, 3.05) is 26.8 Å². The van der Waals surface area contributed by atoms with Crippen LogP contribution in [-0.4, -0.2) is 48.7 Å². The highest BCUT2D eigenvalue weighted by atomic mass is 16.5. The number of hydrogen-bond acceptors (Lipinski definition) is 4. The van der Waals surface area contributed by atoms with Crippen LogP contribution in [0.3, 0.4) is 0 Å². The normalized spacial score (nSPS) is 19.0. The second-order valence-corrected chi connectivity index (χ2v) is 5.31. The number of benzene rings is 1. The summed E-state index contributed by atoms with van der Waals surface area (Å²) in [5.41, 5.74) is 7.06. The third kappa shape index (κ3) is 3.95. The van der Waals surface area contributed by atoms with E-state index in [0.717, 1.165) is 25.1 Å². The summed E-state index contributed by atoms with van der Waals surface area (Å²) >= 11 is 0. The zero-order valence-corrected chi connectivity index (χ0v) is 12.2. The number of carbonyl (C=O) groups is 1. The Morgan fingerprint density at radius 1 is 1.48 bits per heavy atom. The molecule has 21 heavy (non-hydrogen) atoms. The van der Waals surface area contributed by atoms with Gasteiger partial charge in [0.05, 0.1) is 13.0 Å². The average molecular weight is 291 g/mol. The highest BCUT2D eigenvalue weighted by molar-refractivity contribution is 5.97. The first-order valence-corrected chi connectivity index (χ1v) is 6.97. The number of amidine groups is 1. The van der Waals surface area contributed by atoms with Gasteiger partial charge in [-0.15, -0.1) is 0 Å². The minimum atomic E-state index is 0.0647. The summed E-state index contributed by atoms with van der Waals surface area (Å²) < 4.78 is 5.14. The molecular formula is C15H21N3O3. The Labute approximate surface area is 124 Å². The Morgan fingerprint density at radius 2 is 2.19 bits per heavy atom. The van der Waals surface area contributed by atoms with E-state index in [1.165, 1.54) is 0 Å². The van der Waals surface area contributed by atoms with E-state index in [2.05, 4.69) is 5.16 Å². The van der Waals surface area contributed by atoms with E-state index in [1.807, 2.05) is 17.0 Å². The van der Waals surface area contributed by atoms with Gasteiger partial charge in [0.1, 0.15) is 0 Å². The van der Waals surface area contributed by atoms with E-state index in [1.54, 1.807) is 19.2 Å². The number of oxime groups is 1. The molecule has 0 radical (unpaired) electrons. The van der Waals surface area contributed by atoms with Gasteiger partial charge in [-0.05, 0) is 12.0 Å². The maximum Gasteiger partial charge on any atom is 0.227 e. The van der Waals surface area contributed by atoms with E-state index in [4.69, 9.17) is 15.7 Å². The predicted molar refractivity (Wildman–Crippen MR) is 79.2 cm³/mol.